The fraction of sp³-hybridized carbons (Fsp3) is 0.0625. The molecule has 6 aromatic rings. The number of ether oxygens (including phenoxy) is 1. The lowest BCUT2D eigenvalue weighted by Crippen LogP contribution is -2.22. The second-order valence-corrected chi connectivity index (χ2v) is 10.3. The van der Waals surface area contributed by atoms with Crippen molar-refractivity contribution in [2.75, 3.05) is 7.11 Å². The minimum Gasteiger partial charge on any atom is -0.497 e. The molecule has 0 bridgehead atoms. The molecule has 0 N–H and O–H groups in total. The zero-order valence-electron chi connectivity index (χ0n) is 20.7. The van der Waals surface area contributed by atoms with Crippen molar-refractivity contribution in [1.82, 2.24) is 14.1 Å². The first kappa shape index (κ1) is 24.2. The predicted octanol–water partition coefficient (Wildman–Crippen LogP) is 7.17. The summed E-state index contributed by atoms with van der Waals surface area (Å²) in [5.74, 6) is 1.29. The summed E-state index contributed by atoms with van der Waals surface area (Å²) in [7, 11) is 1.63. The summed E-state index contributed by atoms with van der Waals surface area (Å²) in [6.07, 6.45) is 6.13. The molecule has 0 amide bonds. The molecule has 186 valence electrons. The van der Waals surface area contributed by atoms with E-state index < -0.39 is 0 Å². The van der Waals surface area contributed by atoms with Crippen molar-refractivity contribution in [3.63, 3.8) is 0 Å². The van der Waals surface area contributed by atoms with Crippen LogP contribution in [0.25, 0.3) is 39.6 Å². The Balaban J connectivity index is 1.49. The van der Waals surface area contributed by atoms with E-state index in [1.807, 2.05) is 60.7 Å². The molecule has 0 saturated carbocycles. The first-order valence-corrected chi connectivity index (χ1v) is 13.4. The molecule has 0 radical (unpaired) electrons. The fourth-order valence-corrected chi connectivity index (χ4v) is 5.24. The maximum atomic E-state index is 13.7. The predicted molar refractivity (Wildman–Crippen MR) is 163 cm³/mol. The number of halogens is 1. The van der Waals surface area contributed by atoms with Gasteiger partial charge in [-0.15, -0.1) is 0 Å². The molecule has 0 unspecified atom stereocenters. The van der Waals surface area contributed by atoms with E-state index in [9.17, 15) is 4.79 Å². The number of hydrogen-bond acceptors (Lipinski definition) is 3. The highest BCUT2D eigenvalue weighted by molar-refractivity contribution is 14.1. The molecular weight excluding hydrogens is 585 g/mol. The first-order valence-electron chi connectivity index (χ1n) is 12.3. The van der Waals surface area contributed by atoms with Crippen LogP contribution in [0.1, 0.15) is 17.0 Å². The van der Waals surface area contributed by atoms with Gasteiger partial charge in [0.15, 0.2) is 0 Å². The van der Waals surface area contributed by atoms with E-state index in [1.54, 1.807) is 11.7 Å². The van der Waals surface area contributed by atoms with Crippen LogP contribution >= 0.6 is 22.6 Å². The minimum atomic E-state index is -0.107. The molecule has 0 spiro atoms. The van der Waals surface area contributed by atoms with Crippen molar-refractivity contribution in [3.05, 3.63) is 134 Å². The number of methoxy groups -OCH3 is 1. The largest absolute Gasteiger partial charge is 0.497 e. The van der Waals surface area contributed by atoms with Crippen LogP contribution in [0.15, 0.2) is 108 Å². The number of para-hydroxylation sites is 1. The highest BCUT2D eigenvalue weighted by atomic mass is 127. The van der Waals surface area contributed by atoms with Crippen molar-refractivity contribution in [3.8, 4) is 11.4 Å². The van der Waals surface area contributed by atoms with E-state index in [-0.39, 0.29) is 5.56 Å². The smallest absolute Gasteiger partial charge is 0.266 e. The summed E-state index contributed by atoms with van der Waals surface area (Å²) in [4.78, 5) is 18.6. The van der Waals surface area contributed by atoms with Gasteiger partial charge in [-0.3, -0.25) is 9.36 Å². The molecule has 0 aliphatic rings. The third kappa shape index (κ3) is 4.63. The SMILES string of the molecule is COc1ccc(-n2c(/C=C/c3cn(Cc4ccccc4)c4ccccc34)nc3ccc(I)cc3c2=O)cc1. The normalized spacial score (nSPS) is 11.5. The lowest BCUT2D eigenvalue weighted by Gasteiger charge is -2.12. The number of benzene rings is 4. The Kier molecular flexibility index (Phi) is 6.55. The quantitative estimate of drug-likeness (QED) is 0.188. The van der Waals surface area contributed by atoms with Gasteiger partial charge in [-0.2, -0.15) is 0 Å². The zero-order valence-corrected chi connectivity index (χ0v) is 22.9. The third-order valence-electron chi connectivity index (χ3n) is 6.61. The minimum absolute atomic E-state index is 0.107. The van der Waals surface area contributed by atoms with Gasteiger partial charge in [0.05, 0.1) is 23.7 Å². The number of aromatic nitrogens is 3. The van der Waals surface area contributed by atoms with Crippen LogP contribution in [-0.2, 0) is 6.54 Å². The van der Waals surface area contributed by atoms with E-state index in [1.165, 1.54) is 5.56 Å². The van der Waals surface area contributed by atoms with Crippen LogP contribution in [0.4, 0.5) is 0 Å². The molecule has 0 aliphatic heterocycles. The molecule has 5 nitrogen and oxygen atoms in total. The molecular formula is C32H24IN3O2. The molecule has 4 aromatic carbocycles. The molecule has 2 heterocycles. The molecule has 0 aliphatic carbocycles. The van der Waals surface area contributed by atoms with E-state index in [0.717, 1.165) is 38.0 Å². The van der Waals surface area contributed by atoms with Crippen LogP contribution in [0, 0.1) is 3.57 Å². The molecule has 0 saturated heterocycles. The average molecular weight is 609 g/mol. The molecule has 0 atom stereocenters. The Bertz CT molecular complexity index is 1850. The van der Waals surface area contributed by atoms with Gasteiger partial charge in [0.1, 0.15) is 11.6 Å². The summed E-state index contributed by atoms with van der Waals surface area (Å²) in [6.45, 7) is 0.776. The summed E-state index contributed by atoms with van der Waals surface area (Å²) in [5.41, 5.74) is 4.76. The van der Waals surface area contributed by atoms with E-state index in [2.05, 4.69) is 81.9 Å². The standard InChI is InChI=1S/C32H24IN3O2/c1-38-26-15-13-25(14-16-26)36-31(34-29-17-12-24(33)19-28(29)32(36)37)18-11-23-21-35(20-22-7-3-2-4-8-22)30-10-6-5-9-27(23)30/h2-19,21H,20H2,1H3/b18-11+. The van der Waals surface area contributed by atoms with Gasteiger partial charge in [-0.05, 0) is 88.8 Å². The van der Waals surface area contributed by atoms with E-state index in [0.29, 0.717) is 16.7 Å². The van der Waals surface area contributed by atoms with Gasteiger partial charge < -0.3 is 9.30 Å². The monoisotopic (exact) mass is 609 g/mol. The maximum Gasteiger partial charge on any atom is 0.266 e. The van der Waals surface area contributed by atoms with Crippen LogP contribution in [0.5, 0.6) is 5.75 Å². The summed E-state index contributed by atoms with van der Waals surface area (Å²) >= 11 is 2.22. The lowest BCUT2D eigenvalue weighted by atomic mass is 10.1. The van der Waals surface area contributed by atoms with Gasteiger partial charge in [0.2, 0.25) is 0 Å². The molecule has 38 heavy (non-hydrogen) atoms. The van der Waals surface area contributed by atoms with Gasteiger partial charge in [0.25, 0.3) is 5.56 Å². The third-order valence-corrected chi connectivity index (χ3v) is 7.28. The number of hydrogen-bond donors (Lipinski definition) is 0. The summed E-state index contributed by atoms with van der Waals surface area (Å²) < 4.78 is 10.2. The van der Waals surface area contributed by atoms with Crippen molar-refractivity contribution in [2.24, 2.45) is 0 Å². The second kappa shape index (κ2) is 10.3. The molecule has 6 rings (SSSR count). The Morgan fingerprint density at radius 3 is 2.42 bits per heavy atom. The Morgan fingerprint density at radius 1 is 0.868 bits per heavy atom. The maximum absolute atomic E-state index is 13.7. The van der Waals surface area contributed by atoms with Crippen molar-refractivity contribution < 1.29 is 4.74 Å². The summed E-state index contributed by atoms with van der Waals surface area (Å²) in [6, 6.07) is 32.0. The van der Waals surface area contributed by atoms with Crippen LogP contribution < -0.4 is 10.3 Å². The van der Waals surface area contributed by atoms with Crippen molar-refractivity contribution in [2.45, 2.75) is 6.54 Å². The second-order valence-electron chi connectivity index (χ2n) is 9.02. The van der Waals surface area contributed by atoms with Crippen LogP contribution in [0.2, 0.25) is 0 Å². The topological polar surface area (TPSA) is 49.0 Å². The average Bonchev–Trinajstić information content (AvgIpc) is 3.30. The van der Waals surface area contributed by atoms with Gasteiger partial charge in [-0.25, -0.2) is 4.98 Å². The number of fused-ring (bicyclic) bond motifs is 2. The highest BCUT2D eigenvalue weighted by Crippen LogP contribution is 2.25. The van der Waals surface area contributed by atoms with Gasteiger partial charge in [-0.1, -0.05) is 48.5 Å². The fourth-order valence-electron chi connectivity index (χ4n) is 4.75. The Hall–Kier alpha value is -4.17. The molecule has 6 heteroatoms. The van der Waals surface area contributed by atoms with Gasteiger partial charge >= 0.3 is 0 Å². The van der Waals surface area contributed by atoms with Gasteiger partial charge in [0, 0.05) is 32.8 Å². The highest BCUT2D eigenvalue weighted by Gasteiger charge is 2.13. The number of rotatable bonds is 6. The summed E-state index contributed by atoms with van der Waals surface area (Å²) in [5, 5.41) is 1.73. The number of nitrogens with zero attached hydrogens (tertiary/aromatic N) is 3. The van der Waals surface area contributed by atoms with Crippen LogP contribution in [0.3, 0.4) is 0 Å². The van der Waals surface area contributed by atoms with E-state index >= 15 is 0 Å². The Labute approximate surface area is 233 Å². The van der Waals surface area contributed by atoms with E-state index in [4.69, 9.17) is 9.72 Å². The molecule has 0 fully saturated rings. The van der Waals surface area contributed by atoms with Crippen LogP contribution in [-0.4, -0.2) is 21.2 Å². The Morgan fingerprint density at radius 2 is 1.63 bits per heavy atom. The van der Waals surface area contributed by atoms with Crippen molar-refractivity contribution >= 4 is 56.5 Å². The first-order chi connectivity index (χ1) is 18.6. The lowest BCUT2D eigenvalue weighted by molar-refractivity contribution is 0.414. The zero-order chi connectivity index (χ0) is 26.1. The van der Waals surface area contributed by atoms with Crippen molar-refractivity contribution in [1.29, 1.82) is 0 Å². The molecule has 2 aromatic heterocycles.